The third kappa shape index (κ3) is 4.80. The smallest absolute Gasteiger partial charge is 0.00919 e. The van der Waals surface area contributed by atoms with Gasteiger partial charge in [0.05, 0.1) is 0 Å². The average molecular weight is 279 g/mol. The minimum atomic E-state index is 0.435. The van der Waals surface area contributed by atoms with E-state index in [1.807, 2.05) is 11.3 Å². The second-order valence-electron chi connectivity index (χ2n) is 6.27. The van der Waals surface area contributed by atoms with E-state index in [0.29, 0.717) is 5.41 Å². The maximum Gasteiger partial charge on any atom is 0.00919 e. The number of rotatable bonds is 8. The second-order valence-corrected chi connectivity index (χ2v) is 7.73. The van der Waals surface area contributed by atoms with E-state index in [-0.39, 0.29) is 0 Å². The van der Waals surface area contributed by atoms with Crippen LogP contribution in [0.2, 0.25) is 0 Å². The van der Waals surface area contributed by atoms with Crippen LogP contribution >= 0.6 is 11.3 Å². The largest absolute Gasteiger partial charge is 0.145 e. The summed E-state index contributed by atoms with van der Waals surface area (Å²) < 4.78 is 0. The molecule has 1 heterocycles. The van der Waals surface area contributed by atoms with Gasteiger partial charge in [0, 0.05) is 9.75 Å². The lowest BCUT2D eigenvalue weighted by Gasteiger charge is -2.30. The van der Waals surface area contributed by atoms with Gasteiger partial charge in [0.2, 0.25) is 0 Å². The molecule has 0 aliphatic heterocycles. The van der Waals surface area contributed by atoms with E-state index in [4.69, 9.17) is 0 Å². The summed E-state index contributed by atoms with van der Waals surface area (Å²) >= 11 is 1.89. The number of allylic oxidation sites excluding steroid dienone is 1. The van der Waals surface area contributed by atoms with E-state index >= 15 is 0 Å². The Balaban J connectivity index is 2.78. The molecule has 1 aromatic rings. The fourth-order valence-electron chi connectivity index (χ4n) is 3.10. The summed E-state index contributed by atoms with van der Waals surface area (Å²) in [5, 5.41) is 0. The highest BCUT2D eigenvalue weighted by Crippen LogP contribution is 2.40. The van der Waals surface area contributed by atoms with Crippen molar-refractivity contribution in [2.24, 2.45) is 5.41 Å². The second kappa shape index (κ2) is 7.28. The van der Waals surface area contributed by atoms with Gasteiger partial charge in [-0.25, -0.2) is 0 Å². The van der Waals surface area contributed by atoms with Crippen LogP contribution in [0.25, 0.3) is 5.57 Å². The van der Waals surface area contributed by atoms with Gasteiger partial charge in [-0.1, -0.05) is 46.6 Å². The highest BCUT2D eigenvalue weighted by atomic mass is 32.1. The van der Waals surface area contributed by atoms with E-state index in [1.54, 1.807) is 0 Å². The quantitative estimate of drug-likeness (QED) is 0.492. The molecule has 1 unspecified atom stereocenters. The predicted octanol–water partition coefficient (Wildman–Crippen LogP) is 6.76. The Bertz CT molecular complexity index is 413. The summed E-state index contributed by atoms with van der Waals surface area (Å²) in [5.74, 6) is 0. The van der Waals surface area contributed by atoms with Gasteiger partial charge >= 0.3 is 0 Å². The summed E-state index contributed by atoms with van der Waals surface area (Å²) in [7, 11) is 0. The first-order valence-electron chi connectivity index (χ1n) is 7.67. The van der Waals surface area contributed by atoms with Gasteiger partial charge in [0.15, 0.2) is 0 Å². The van der Waals surface area contributed by atoms with E-state index in [0.717, 1.165) is 6.42 Å². The molecule has 0 aliphatic rings. The molecule has 19 heavy (non-hydrogen) atoms. The van der Waals surface area contributed by atoms with Crippen molar-refractivity contribution in [1.82, 2.24) is 0 Å². The Labute approximate surface area is 123 Å². The van der Waals surface area contributed by atoms with Crippen molar-refractivity contribution in [3.63, 3.8) is 0 Å². The molecule has 0 fully saturated rings. The highest BCUT2D eigenvalue weighted by Gasteiger charge is 2.24. The Kier molecular flexibility index (Phi) is 6.32. The number of hydrogen-bond acceptors (Lipinski definition) is 1. The number of hydrogen-bond donors (Lipinski definition) is 0. The van der Waals surface area contributed by atoms with Crippen LogP contribution < -0.4 is 0 Å². The van der Waals surface area contributed by atoms with Crippen LogP contribution in [-0.2, 0) is 0 Å². The summed E-state index contributed by atoms with van der Waals surface area (Å²) in [6.07, 6.45) is 7.70. The Morgan fingerprint density at radius 3 is 2.37 bits per heavy atom. The third-order valence-electron chi connectivity index (χ3n) is 4.05. The molecular formula is C18H30S. The van der Waals surface area contributed by atoms with Crippen LogP contribution in [0.5, 0.6) is 0 Å². The van der Waals surface area contributed by atoms with Crippen molar-refractivity contribution < 1.29 is 0 Å². The number of aryl methyl sites for hydroxylation is 2. The molecule has 1 rings (SSSR count). The Hall–Kier alpha value is -0.560. The van der Waals surface area contributed by atoms with Crippen LogP contribution in [0, 0.1) is 19.3 Å². The molecule has 0 aliphatic carbocycles. The molecular weight excluding hydrogens is 248 g/mol. The molecule has 1 heteroatoms. The summed E-state index contributed by atoms with van der Waals surface area (Å²) in [6.45, 7) is 15.8. The maximum atomic E-state index is 4.38. The number of thiophene rings is 1. The van der Waals surface area contributed by atoms with Crippen molar-refractivity contribution in [2.45, 2.75) is 73.1 Å². The summed E-state index contributed by atoms with van der Waals surface area (Å²) in [6, 6.07) is 2.31. The molecule has 0 aromatic carbocycles. The first kappa shape index (κ1) is 16.5. The van der Waals surface area contributed by atoms with Gasteiger partial charge in [-0.3, -0.25) is 0 Å². The minimum absolute atomic E-state index is 0.435. The monoisotopic (exact) mass is 278 g/mol. The fraction of sp³-hybridized carbons (Fsp3) is 0.667. The summed E-state index contributed by atoms with van der Waals surface area (Å²) in [5.41, 5.74) is 3.18. The van der Waals surface area contributed by atoms with Gasteiger partial charge in [-0.15, -0.1) is 11.3 Å². The molecule has 1 atom stereocenters. The molecule has 0 spiro atoms. The van der Waals surface area contributed by atoms with Crippen molar-refractivity contribution in [1.29, 1.82) is 0 Å². The van der Waals surface area contributed by atoms with E-state index in [2.05, 4.69) is 47.3 Å². The van der Waals surface area contributed by atoms with Crippen molar-refractivity contribution in [2.75, 3.05) is 0 Å². The Morgan fingerprint density at radius 2 is 1.89 bits per heavy atom. The van der Waals surface area contributed by atoms with Gasteiger partial charge in [-0.05, 0) is 55.7 Å². The predicted molar refractivity (Wildman–Crippen MR) is 90.0 cm³/mol. The maximum absolute atomic E-state index is 4.38. The first-order chi connectivity index (χ1) is 8.91. The van der Waals surface area contributed by atoms with Gasteiger partial charge in [0.25, 0.3) is 0 Å². The standard InChI is InChI=1S/C18H30S/c1-7-9-11-18(6,10-8-2)13-14(3)17-12-15(4)19-16(17)5/h12H,3,7-11,13H2,1-2,4-6H3. The molecule has 0 radical (unpaired) electrons. The normalized spacial score (nSPS) is 14.4. The van der Waals surface area contributed by atoms with Gasteiger partial charge in [0.1, 0.15) is 0 Å². The highest BCUT2D eigenvalue weighted by molar-refractivity contribution is 7.12. The van der Waals surface area contributed by atoms with Crippen molar-refractivity contribution in [3.8, 4) is 0 Å². The van der Waals surface area contributed by atoms with E-state index < -0.39 is 0 Å². The first-order valence-corrected chi connectivity index (χ1v) is 8.48. The number of unbranched alkanes of at least 4 members (excludes halogenated alkanes) is 1. The topological polar surface area (TPSA) is 0 Å². The average Bonchev–Trinajstić information content (AvgIpc) is 2.66. The van der Waals surface area contributed by atoms with Gasteiger partial charge in [-0.2, -0.15) is 0 Å². The lowest BCUT2D eigenvalue weighted by atomic mass is 9.75. The van der Waals surface area contributed by atoms with Crippen molar-refractivity contribution in [3.05, 3.63) is 28.0 Å². The van der Waals surface area contributed by atoms with E-state index in [1.165, 1.54) is 53.0 Å². The molecule has 108 valence electrons. The Morgan fingerprint density at radius 1 is 1.21 bits per heavy atom. The van der Waals surface area contributed by atoms with Crippen LogP contribution in [0.15, 0.2) is 12.6 Å². The molecule has 0 saturated heterocycles. The zero-order valence-corrected chi connectivity index (χ0v) is 14.3. The third-order valence-corrected chi connectivity index (χ3v) is 5.02. The van der Waals surface area contributed by atoms with Crippen molar-refractivity contribution >= 4 is 16.9 Å². The zero-order chi connectivity index (χ0) is 14.5. The lowest BCUT2D eigenvalue weighted by Crippen LogP contribution is -2.16. The van der Waals surface area contributed by atoms with Gasteiger partial charge < -0.3 is 0 Å². The molecule has 0 saturated carbocycles. The van der Waals surface area contributed by atoms with E-state index in [9.17, 15) is 0 Å². The molecule has 1 aromatic heterocycles. The molecule has 0 bridgehead atoms. The van der Waals surface area contributed by atoms with Crippen LogP contribution in [0.3, 0.4) is 0 Å². The van der Waals surface area contributed by atoms with Crippen LogP contribution in [-0.4, -0.2) is 0 Å². The lowest BCUT2D eigenvalue weighted by molar-refractivity contribution is 0.269. The van der Waals surface area contributed by atoms with Crippen LogP contribution in [0.4, 0.5) is 0 Å². The summed E-state index contributed by atoms with van der Waals surface area (Å²) in [4.78, 5) is 2.83. The molecule has 0 amide bonds. The zero-order valence-electron chi connectivity index (χ0n) is 13.4. The molecule has 0 nitrogen and oxygen atoms in total. The molecule has 0 N–H and O–H groups in total. The SMILES string of the molecule is C=C(CC(C)(CCC)CCCC)c1cc(C)sc1C. The van der Waals surface area contributed by atoms with Crippen LogP contribution in [0.1, 0.15) is 74.6 Å². The minimum Gasteiger partial charge on any atom is -0.145 e. The fourth-order valence-corrected chi connectivity index (χ4v) is 4.07.